The largest absolute Gasteiger partial charge is 0.490 e. The van der Waals surface area contributed by atoms with Crippen LogP contribution in [0.1, 0.15) is 6.92 Å². The Hall–Kier alpha value is -1.28. The van der Waals surface area contributed by atoms with Crippen LogP contribution >= 0.6 is 0 Å². The summed E-state index contributed by atoms with van der Waals surface area (Å²) in [4.78, 5) is 0. The van der Waals surface area contributed by atoms with Gasteiger partial charge in [-0.15, -0.1) is 0 Å². The van der Waals surface area contributed by atoms with Gasteiger partial charge in [0.15, 0.2) is 0 Å². The maximum Gasteiger partial charge on any atom is 0.122 e. The normalized spacial score (nSPS) is 35.2. The van der Waals surface area contributed by atoms with Crippen LogP contribution in [-0.4, -0.2) is 19.3 Å². The molecule has 3 unspecified atom stereocenters. The van der Waals surface area contributed by atoms with Gasteiger partial charge in [-0.25, -0.2) is 0 Å². The second kappa shape index (κ2) is 3.95. The molecule has 3 atom stereocenters. The van der Waals surface area contributed by atoms with E-state index in [2.05, 4.69) is 43.4 Å². The zero-order valence-corrected chi connectivity index (χ0v) is 9.43. The predicted molar refractivity (Wildman–Crippen MR) is 62.8 cm³/mol. The summed E-state index contributed by atoms with van der Waals surface area (Å²) in [6.07, 6.45) is 13.2. The molecule has 2 heteroatoms. The van der Waals surface area contributed by atoms with E-state index in [4.69, 9.17) is 9.47 Å². The number of hydrogen-bond acceptors (Lipinski definition) is 2. The van der Waals surface area contributed by atoms with E-state index in [9.17, 15) is 0 Å². The highest BCUT2D eigenvalue weighted by Gasteiger charge is 2.27. The minimum atomic E-state index is 0.322. The quantitative estimate of drug-likeness (QED) is 0.676. The van der Waals surface area contributed by atoms with Gasteiger partial charge in [-0.1, -0.05) is 37.3 Å². The molecule has 2 aliphatic carbocycles. The Morgan fingerprint density at radius 3 is 3.00 bits per heavy atom. The van der Waals surface area contributed by atoms with Crippen LogP contribution in [0, 0.1) is 11.8 Å². The van der Waals surface area contributed by atoms with Crippen molar-refractivity contribution in [3.05, 3.63) is 47.8 Å². The van der Waals surface area contributed by atoms with E-state index < -0.39 is 0 Å². The standard InChI is InChI=1S/C14H16O2/c1-10-6-7-14(16-9-11-8-15-11)13-5-3-2-4-12(10)13/h2-7,10-12H,8-9H2,1H3. The van der Waals surface area contributed by atoms with Crippen LogP contribution in [0.2, 0.25) is 0 Å². The summed E-state index contributed by atoms with van der Waals surface area (Å²) in [5, 5.41) is 0. The predicted octanol–water partition coefficient (Wildman–Crippen LogP) is 2.60. The maximum absolute atomic E-state index is 5.81. The molecule has 2 nitrogen and oxygen atoms in total. The van der Waals surface area contributed by atoms with Crippen molar-refractivity contribution in [1.29, 1.82) is 0 Å². The van der Waals surface area contributed by atoms with Crippen LogP contribution in [0.25, 0.3) is 0 Å². The zero-order valence-electron chi connectivity index (χ0n) is 9.43. The fourth-order valence-electron chi connectivity index (χ4n) is 2.20. The second-order valence-electron chi connectivity index (χ2n) is 4.57. The van der Waals surface area contributed by atoms with Crippen LogP contribution in [-0.2, 0) is 9.47 Å². The molecule has 0 spiro atoms. The van der Waals surface area contributed by atoms with E-state index >= 15 is 0 Å². The van der Waals surface area contributed by atoms with Gasteiger partial charge >= 0.3 is 0 Å². The zero-order chi connectivity index (χ0) is 11.0. The van der Waals surface area contributed by atoms with E-state index in [1.807, 2.05) is 0 Å². The molecule has 1 heterocycles. The molecule has 0 N–H and O–H groups in total. The van der Waals surface area contributed by atoms with Gasteiger partial charge in [-0.05, 0) is 12.0 Å². The summed E-state index contributed by atoms with van der Waals surface area (Å²) in [6, 6.07) is 0. The third-order valence-electron chi connectivity index (χ3n) is 3.29. The van der Waals surface area contributed by atoms with Gasteiger partial charge in [-0.3, -0.25) is 0 Å². The molecule has 0 radical (unpaired) electrons. The van der Waals surface area contributed by atoms with E-state index in [1.54, 1.807) is 0 Å². The first-order chi connectivity index (χ1) is 7.84. The van der Waals surface area contributed by atoms with Crippen LogP contribution in [0.5, 0.6) is 0 Å². The van der Waals surface area contributed by atoms with Crippen molar-refractivity contribution < 1.29 is 9.47 Å². The average molecular weight is 216 g/mol. The molecule has 1 saturated heterocycles. The van der Waals surface area contributed by atoms with Crippen molar-refractivity contribution in [3.63, 3.8) is 0 Å². The molecule has 0 aromatic carbocycles. The molecule has 1 aliphatic heterocycles. The lowest BCUT2D eigenvalue weighted by atomic mass is 9.80. The first-order valence-electron chi connectivity index (χ1n) is 5.86. The van der Waals surface area contributed by atoms with E-state index in [0.717, 1.165) is 12.4 Å². The molecule has 0 aromatic rings. The molecule has 84 valence electrons. The molecular weight excluding hydrogens is 200 g/mol. The first-order valence-corrected chi connectivity index (χ1v) is 5.86. The monoisotopic (exact) mass is 216 g/mol. The SMILES string of the molecule is CC1C=CC(OCC2CO2)=C2C=CC=CC21. The molecule has 1 fully saturated rings. The van der Waals surface area contributed by atoms with Crippen LogP contribution < -0.4 is 0 Å². The molecule has 3 rings (SSSR count). The number of epoxide rings is 1. The fraction of sp³-hybridized carbons (Fsp3) is 0.429. The average Bonchev–Trinajstić information content (AvgIpc) is 3.13. The Morgan fingerprint density at radius 1 is 1.31 bits per heavy atom. The smallest absolute Gasteiger partial charge is 0.122 e. The number of allylic oxidation sites excluding steroid dienone is 7. The van der Waals surface area contributed by atoms with Gasteiger partial charge in [0.2, 0.25) is 0 Å². The highest BCUT2D eigenvalue weighted by Crippen LogP contribution is 2.34. The van der Waals surface area contributed by atoms with Gasteiger partial charge in [0, 0.05) is 11.5 Å². The van der Waals surface area contributed by atoms with Crippen LogP contribution in [0.4, 0.5) is 0 Å². The Morgan fingerprint density at radius 2 is 2.19 bits per heavy atom. The lowest BCUT2D eigenvalue weighted by Crippen LogP contribution is -2.17. The van der Waals surface area contributed by atoms with E-state index in [1.165, 1.54) is 5.57 Å². The fourth-order valence-corrected chi connectivity index (χ4v) is 2.20. The lowest BCUT2D eigenvalue weighted by molar-refractivity contribution is 0.187. The van der Waals surface area contributed by atoms with Gasteiger partial charge in [0.1, 0.15) is 18.5 Å². The van der Waals surface area contributed by atoms with Crippen molar-refractivity contribution >= 4 is 0 Å². The Balaban J connectivity index is 1.80. The maximum atomic E-state index is 5.81. The van der Waals surface area contributed by atoms with Crippen LogP contribution in [0.3, 0.4) is 0 Å². The molecule has 16 heavy (non-hydrogen) atoms. The molecule has 3 aliphatic rings. The van der Waals surface area contributed by atoms with Crippen molar-refractivity contribution in [2.24, 2.45) is 11.8 Å². The summed E-state index contributed by atoms with van der Waals surface area (Å²) < 4.78 is 11.0. The molecule has 0 bridgehead atoms. The summed E-state index contributed by atoms with van der Waals surface area (Å²) in [5.74, 6) is 2.05. The number of rotatable bonds is 3. The Bertz CT molecular complexity index is 397. The molecule has 0 saturated carbocycles. The number of ether oxygens (including phenoxy) is 2. The minimum Gasteiger partial charge on any atom is -0.490 e. The highest BCUT2D eigenvalue weighted by molar-refractivity contribution is 5.42. The summed E-state index contributed by atoms with van der Waals surface area (Å²) in [6.45, 7) is 3.77. The lowest BCUT2D eigenvalue weighted by Gasteiger charge is -2.27. The summed E-state index contributed by atoms with van der Waals surface area (Å²) in [7, 11) is 0. The van der Waals surface area contributed by atoms with E-state index in [0.29, 0.717) is 24.5 Å². The van der Waals surface area contributed by atoms with Gasteiger partial charge in [-0.2, -0.15) is 0 Å². The number of fused-ring (bicyclic) bond motifs is 1. The third kappa shape index (κ3) is 1.85. The Labute approximate surface area is 95.9 Å². The minimum absolute atomic E-state index is 0.322. The van der Waals surface area contributed by atoms with Crippen LogP contribution in [0.15, 0.2) is 47.8 Å². The van der Waals surface area contributed by atoms with Gasteiger partial charge < -0.3 is 9.47 Å². The van der Waals surface area contributed by atoms with Crippen molar-refractivity contribution in [2.75, 3.05) is 13.2 Å². The molecule has 0 aromatic heterocycles. The van der Waals surface area contributed by atoms with Gasteiger partial charge in [0.05, 0.1) is 6.61 Å². The van der Waals surface area contributed by atoms with Crippen molar-refractivity contribution in [3.8, 4) is 0 Å². The topological polar surface area (TPSA) is 21.8 Å². The molecule has 0 amide bonds. The summed E-state index contributed by atoms with van der Waals surface area (Å²) in [5.41, 5.74) is 1.30. The third-order valence-corrected chi connectivity index (χ3v) is 3.29. The van der Waals surface area contributed by atoms with E-state index in [-0.39, 0.29) is 0 Å². The second-order valence-corrected chi connectivity index (χ2v) is 4.57. The Kier molecular flexibility index (Phi) is 2.44. The van der Waals surface area contributed by atoms with Gasteiger partial charge in [0.25, 0.3) is 0 Å². The first kappa shape index (κ1) is 9.91. The van der Waals surface area contributed by atoms with Crippen molar-refractivity contribution in [1.82, 2.24) is 0 Å². The summed E-state index contributed by atoms with van der Waals surface area (Å²) >= 11 is 0. The van der Waals surface area contributed by atoms with Crippen molar-refractivity contribution in [2.45, 2.75) is 13.0 Å². The highest BCUT2D eigenvalue weighted by atomic mass is 16.6. The number of hydrogen-bond donors (Lipinski definition) is 0. The molecular formula is C14H16O2.